The van der Waals surface area contributed by atoms with Crippen LogP contribution in [0, 0.1) is 19.8 Å². The number of hydrogen-bond acceptors (Lipinski definition) is 6. The molecule has 1 unspecified atom stereocenters. The molecule has 0 saturated heterocycles. The van der Waals surface area contributed by atoms with Crippen molar-refractivity contribution in [3.05, 3.63) is 71.5 Å². The second-order valence-corrected chi connectivity index (χ2v) is 7.98. The number of para-hydroxylation sites is 1. The summed E-state index contributed by atoms with van der Waals surface area (Å²) in [5.41, 5.74) is 4.59. The van der Waals surface area contributed by atoms with E-state index in [0.717, 1.165) is 33.3 Å². The van der Waals surface area contributed by atoms with Gasteiger partial charge in [-0.3, -0.25) is 14.8 Å². The van der Waals surface area contributed by atoms with Crippen LogP contribution in [0.3, 0.4) is 0 Å². The quantitative estimate of drug-likeness (QED) is 0.503. The van der Waals surface area contributed by atoms with Crippen molar-refractivity contribution < 1.29 is 9.32 Å². The molecule has 0 fully saturated rings. The smallest absolute Gasteiger partial charge is 0.249 e. The summed E-state index contributed by atoms with van der Waals surface area (Å²) in [4.78, 5) is 26.2. The van der Waals surface area contributed by atoms with Crippen LogP contribution in [0.2, 0.25) is 0 Å². The predicted octanol–water partition coefficient (Wildman–Crippen LogP) is 4.35. The molecule has 1 amide bonds. The minimum atomic E-state index is -0.389. The molecule has 31 heavy (non-hydrogen) atoms. The first-order chi connectivity index (χ1) is 14.9. The molecular formula is C24H25N5O2. The standard InChI is InChI=1S/C24H25N5O2/c1-14(2)22(24-28-23(29-31-24)17-8-7-11-25-13-17)27-21(30)12-19-15(3)18-9-5-6-10-20(18)26-16(19)4/h5-11,13-14,22H,12H2,1-4H3,(H,27,30). The fourth-order valence-corrected chi connectivity index (χ4v) is 3.70. The first-order valence-corrected chi connectivity index (χ1v) is 10.3. The number of carbonyl (C=O) groups excluding carboxylic acids is 1. The number of carbonyl (C=O) groups is 1. The Bertz CT molecular complexity index is 1220. The summed E-state index contributed by atoms with van der Waals surface area (Å²) >= 11 is 0. The third kappa shape index (κ3) is 4.30. The maximum absolute atomic E-state index is 13.0. The molecule has 0 bridgehead atoms. The summed E-state index contributed by atoms with van der Waals surface area (Å²) in [6, 6.07) is 11.3. The number of aryl methyl sites for hydroxylation is 2. The highest BCUT2D eigenvalue weighted by Gasteiger charge is 2.25. The van der Waals surface area contributed by atoms with E-state index in [-0.39, 0.29) is 24.3 Å². The van der Waals surface area contributed by atoms with Gasteiger partial charge in [-0.25, -0.2) is 0 Å². The number of amides is 1. The van der Waals surface area contributed by atoms with Gasteiger partial charge in [0.05, 0.1) is 11.9 Å². The van der Waals surface area contributed by atoms with Crippen molar-refractivity contribution in [2.24, 2.45) is 5.92 Å². The number of pyridine rings is 2. The normalized spacial score (nSPS) is 12.3. The van der Waals surface area contributed by atoms with Gasteiger partial charge < -0.3 is 9.84 Å². The molecule has 7 heteroatoms. The Morgan fingerprint density at radius 2 is 1.90 bits per heavy atom. The molecular weight excluding hydrogens is 390 g/mol. The number of rotatable bonds is 6. The lowest BCUT2D eigenvalue weighted by Crippen LogP contribution is -2.33. The van der Waals surface area contributed by atoms with Gasteiger partial charge in [0.15, 0.2) is 0 Å². The molecule has 0 spiro atoms. The van der Waals surface area contributed by atoms with Crippen LogP contribution in [0.25, 0.3) is 22.3 Å². The largest absolute Gasteiger partial charge is 0.344 e. The van der Waals surface area contributed by atoms with Crippen LogP contribution in [0.4, 0.5) is 0 Å². The first-order valence-electron chi connectivity index (χ1n) is 10.3. The van der Waals surface area contributed by atoms with E-state index in [1.807, 2.05) is 64.1 Å². The molecule has 0 aliphatic heterocycles. The Morgan fingerprint density at radius 1 is 1.10 bits per heavy atom. The molecule has 1 aromatic carbocycles. The van der Waals surface area contributed by atoms with Crippen molar-refractivity contribution in [3.63, 3.8) is 0 Å². The lowest BCUT2D eigenvalue weighted by Gasteiger charge is -2.19. The Labute approximate surface area is 180 Å². The van der Waals surface area contributed by atoms with Crippen LogP contribution >= 0.6 is 0 Å². The number of benzene rings is 1. The molecule has 0 aliphatic rings. The van der Waals surface area contributed by atoms with Crippen LogP contribution in [0.5, 0.6) is 0 Å². The lowest BCUT2D eigenvalue weighted by molar-refractivity contribution is -0.121. The van der Waals surface area contributed by atoms with E-state index >= 15 is 0 Å². The Balaban J connectivity index is 1.55. The number of aromatic nitrogens is 4. The predicted molar refractivity (Wildman–Crippen MR) is 118 cm³/mol. The van der Waals surface area contributed by atoms with Crippen LogP contribution in [0.15, 0.2) is 53.3 Å². The Kier molecular flexibility index (Phi) is 5.75. The maximum atomic E-state index is 13.0. The summed E-state index contributed by atoms with van der Waals surface area (Å²) in [6.07, 6.45) is 3.60. The number of hydrogen-bond donors (Lipinski definition) is 1. The maximum Gasteiger partial charge on any atom is 0.249 e. The van der Waals surface area contributed by atoms with Gasteiger partial charge >= 0.3 is 0 Å². The average molecular weight is 415 g/mol. The van der Waals surface area contributed by atoms with Crippen molar-refractivity contribution in [2.75, 3.05) is 0 Å². The second-order valence-electron chi connectivity index (χ2n) is 7.98. The molecule has 3 aromatic heterocycles. The fraction of sp³-hybridized carbons (Fsp3) is 0.292. The molecule has 1 N–H and O–H groups in total. The van der Waals surface area contributed by atoms with Crippen molar-refractivity contribution in [1.29, 1.82) is 0 Å². The van der Waals surface area contributed by atoms with Crippen LogP contribution in [-0.4, -0.2) is 26.0 Å². The molecule has 0 radical (unpaired) electrons. The number of nitrogens with zero attached hydrogens (tertiary/aromatic N) is 4. The van der Waals surface area contributed by atoms with E-state index in [0.29, 0.717) is 11.7 Å². The molecule has 4 aromatic rings. The minimum absolute atomic E-state index is 0.0723. The van der Waals surface area contributed by atoms with Gasteiger partial charge in [0.25, 0.3) is 0 Å². The molecule has 0 saturated carbocycles. The zero-order valence-electron chi connectivity index (χ0n) is 18.1. The Hall–Kier alpha value is -3.61. The lowest BCUT2D eigenvalue weighted by atomic mass is 9.98. The summed E-state index contributed by atoms with van der Waals surface area (Å²) in [6.45, 7) is 8.00. The van der Waals surface area contributed by atoms with Crippen molar-refractivity contribution in [1.82, 2.24) is 25.4 Å². The molecule has 3 heterocycles. The van der Waals surface area contributed by atoms with Crippen LogP contribution in [-0.2, 0) is 11.2 Å². The zero-order chi connectivity index (χ0) is 22.0. The molecule has 4 rings (SSSR count). The SMILES string of the molecule is Cc1nc2ccccc2c(C)c1CC(=O)NC(c1nc(-c2cccnc2)no1)C(C)C. The van der Waals surface area contributed by atoms with E-state index in [1.54, 1.807) is 12.4 Å². The summed E-state index contributed by atoms with van der Waals surface area (Å²) in [7, 11) is 0. The van der Waals surface area contributed by atoms with Gasteiger partial charge in [-0.15, -0.1) is 0 Å². The highest BCUT2D eigenvalue weighted by atomic mass is 16.5. The highest BCUT2D eigenvalue weighted by Crippen LogP contribution is 2.25. The molecule has 1 atom stereocenters. The van der Waals surface area contributed by atoms with Crippen molar-refractivity contribution in [2.45, 2.75) is 40.2 Å². The third-order valence-corrected chi connectivity index (χ3v) is 5.43. The minimum Gasteiger partial charge on any atom is -0.344 e. The van der Waals surface area contributed by atoms with E-state index in [9.17, 15) is 4.79 Å². The second kappa shape index (κ2) is 8.63. The number of fused-ring (bicyclic) bond motifs is 1. The summed E-state index contributed by atoms with van der Waals surface area (Å²) < 4.78 is 5.48. The van der Waals surface area contributed by atoms with Gasteiger partial charge in [0.2, 0.25) is 17.6 Å². The third-order valence-electron chi connectivity index (χ3n) is 5.43. The number of nitrogens with one attached hydrogen (secondary N) is 1. The average Bonchev–Trinajstić information content (AvgIpc) is 3.25. The van der Waals surface area contributed by atoms with Gasteiger partial charge in [-0.05, 0) is 49.1 Å². The van der Waals surface area contributed by atoms with Gasteiger partial charge in [-0.1, -0.05) is 37.2 Å². The van der Waals surface area contributed by atoms with Crippen LogP contribution < -0.4 is 5.32 Å². The van der Waals surface area contributed by atoms with Gasteiger partial charge in [0, 0.05) is 29.0 Å². The van der Waals surface area contributed by atoms with E-state index in [4.69, 9.17) is 4.52 Å². The molecule has 7 nitrogen and oxygen atoms in total. The fourth-order valence-electron chi connectivity index (χ4n) is 3.70. The van der Waals surface area contributed by atoms with Gasteiger partial charge in [0.1, 0.15) is 6.04 Å². The monoisotopic (exact) mass is 415 g/mol. The summed E-state index contributed by atoms with van der Waals surface area (Å²) in [5.74, 6) is 0.798. The Morgan fingerprint density at radius 3 is 2.65 bits per heavy atom. The topological polar surface area (TPSA) is 93.8 Å². The van der Waals surface area contributed by atoms with Gasteiger partial charge in [-0.2, -0.15) is 4.98 Å². The summed E-state index contributed by atoms with van der Waals surface area (Å²) in [5, 5.41) is 8.19. The van der Waals surface area contributed by atoms with E-state index in [2.05, 4.69) is 25.4 Å². The van der Waals surface area contributed by atoms with E-state index in [1.165, 1.54) is 0 Å². The zero-order valence-corrected chi connectivity index (χ0v) is 18.1. The molecule has 0 aliphatic carbocycles. The van der Waals surface area contributed by atoms with Crippen molar-refractivity contribution >= 4 is 16.8 Å². The van der Waals surface area contributed by atoms with Crippen LogP contribution in [0.1, 0.15) is 42.6 Å². The molecule has 158 valence electrons. The highest BCUT2D eigenvalue weighted by molar-refractivity contribution is 5.86. The first kappa shape index (κ1) is 20.7. The van der Waals surface area contributed by atoms with Crippen molar-refractivity contribution in [3.8, 4) is 11.4 Å². The van der Waals surface area contributed by atoms with E-state index < -0.39 is 0 Å².